The second kappa shape index (κ2) is 8.57. The number of anilines is 1. The molecule has 4 heterocycles. The van der Waals surface area contributed by atoms with Crippen LogP contribution in [0.15, 0.2) is 24.4 Å². The molecule has 190 valence electrons. The monoisotopic (exact) mass is 511 g/mol. The number of hydrogen-bond donors (Lipinski definition) is 1. The van der Waals surface area contributed by atoms with Crippen molar-refractivity contribution < 1.29 is 32.9 Å². The third-order valence-corrected chi connectivity index (χ3v) is 5.85. The van der Waals surface area contributed by atoms with E-state index in [1.165, 1.54) is 32.2 Å². The molecule has 1 N–H and O–H groups in total. The second-order valence-electron chi connectivity index (χ2n) is 8.23. The number of amides is 1. The lowest BCUT2D eigenvalue weighted by Crippen LogP contribution is -2.38. The lowest BCUT2D eigenvalue weighted by Gasteiger charge is -2.19. The van der Waals surface area contributed by atoms with Gasteiger partial charge in [0.25, 0.3) is 12.3 Å². The van der Waals surface area contributed by atoms with Crippen LogP contribution in [0.1, 0.15) is 8.29 Å². The molecule has 0 radical (unpaired) electrons. The summed E-state index contributed by atoms with van der Waals surface area (Å²) in [6.07, 6.45) is -3.41. The highest BCUT2D eigenvalue weighted by Crippen LogP contribution is 2.36. The molecule has 1 aliphatic rings. The Labute approximate surface area is 201 Å². The molecule has 4 aromatic rings. The molecule has 0 aliphatic carbocycles. The summed E-state index contributed by atoms with van der Waals surface area (Å²) in [6.45, 7) is -0.651. The molecule has 1 aromatic carbocycles. The minimum atomic E-state index is -3.29. The number of nitrogens with zero attached hydrogens (tertiary/aromatic N) is 7. The van der Waals surface area contributed by atoms with E-state index in [1.807, 2.05) is 0 Å². The maximum absolute atomic E-state index is 15.4. The summed E-state index contributed by atoms with van der Waals surface area (Å²) < 4.78 is 85.5. The third-order valence-electron chi connectivity index (χ3n) is 5.85. The first kappa shape index (κ1) is 22.4. The van der Waals surface area contributed by atoms with E-state index < -0.39 is 49.4 Å². The molecule has 1 amide bonds. The van der Waals surface area contributed by atoms with Gasteiger partial charge in [-0.15, -0.1) is 10.2 Å². The van der Waals surface area contributed by atoms with Crippen molar-refractivity contribution in [1.82, 2.24) is 34.5 Å². The number of likely N-dealkylation sites (tertiary alicyclic amines) is 1. The molecule has 1 aliphatic heterocycles. The van der Waals surface area contributed by atoms with Gasteiger partial charge in [-0.2, -0.15) is 4.98 Å². The SMILES string of the molecule is [2H]c1c(F)c(-c2ccc3nnn(CC(F)F)c3c2)c2c(OC)nc(N[C@@H]3CN(C(C)=O)CC3(F)F)nn12. The number of carbonyl (C=O) groups is 1. The van der Waals surface area contributed by atoms with Gasteiger partial charge in [0.1, 0.15) is 23.6 Å². The van der Waals surface area contributed by atoms with Gasteiger partial charge in [-0.3, -0.25) is 4.79 Å². The molecule has 1 atom stereocenters. The minimum Gasteiger partial charge on any atom is -0.479 e. The van der Waals surface area contributed by atoms with E-state index >= 15 is 4.39 Å². The van der Waals surface area contributed by atoms with Crippen molar-refractivity contribution in [2.24, 2.45) is 0 Å². The van der Waals surface area contributed by atoms with Crippen LogP contribution in [0.5, 0.6) is 5.88 Å². The van der Waals surface area contributed by atoms with Crippen LogP contribution < -0.4 is 10.1 Å². The van der Waals surface area contributed by atoms with Gasteiger partial charge in [0, 0.05) is 13.5 Å². The summed E-state index contributed by atoms with van der Waals surface area (Å²) in [5.41, 5.74) is 0.451. The van der Waals surface area contributed by atoms with E-state index in [9.17, 15) is 22.4 Å². The normalized spacial score (nSPS) is 17.8. The first-order valence-electron chi connectivity index (χ1n) is 11.1. The number of benzene rings is 1. The molecular formula is C21H19F5N8O2. The Kier molecular flexibility index (Phi) is 5.34. The summed E-state index contributed by atoms with van der Waals surface area (Å²) >= 11 is 0. The Morgan fingerprint density at radius 1 is 1.39 bits per heavy atom. The number of aromatic nitrogens is 6. The Balaban J connectivity index is 1.60. The van der Waals surface area contributed by atoms with E-state index in [4.69, 9.17) is 6.11 Å². The number of fused-ring (bicyclic) bond motifs is 2. The Morgan fingerprint density at radius 2 is 2.17 bits per heavy atom. The molecule has 0 spiro atoms. The average Bonchev–Trinajstić information content (AvgIpc) is 3.45. The van der Waals surface area contributed by atoms with Gasteiger partial charge in [0.15, 0.2) is 5.82 Å². The molecular weight excluding hydrogens is 491 g/mol. The maximum Gasteiger partial charge on any atom is 0.286 e. The highest BCUT2D eigenvalue weighted by atomic mass is 19.3. The predicted molar refractivity (Wildman–Crippen MR) is 117 cm³/mol. The summed E-state index contributed by atoms with van der Waals surface area (Å²) in [4.78, 5) is 16.6. The van der Waals surface area contributed by atoms with E-state index in [2.05, 4.69) is 25.7 Å². The number of hydrogen-bond acceptors (Lipinski definition) is 7. The predicted octanol–water partition coefficient (Wildman–Crippen LogP) is 2.83. The van der Waals surface area contributed by atoms with Crippen LogP contribution >= 0.6 is 0 Å². The molecule has 1 saturated heterocycles. The molecule has 15 heteroatoms. The van der Waals surface area contributed by atoms with Gasteiger partial charge < -0.3 is 15.0 Å². The highest BCUT2D eigenvalue weighted by Gasteiger charge is 2.49. The van der Waals surface area contributed by atoms with Crippen LogP contribution in [0.25, 0.3) is 27.7 Å². The Hall–Kier alpha value is -4.04. The van der Waals surface area contributed by atoms with Crippen LogP contribution in [0.2, 0.25) is 0 Å². The van der Waals surface area contributed by atoms with Crippen LogP contribution in [-0.2, 0) is 11.3 Å². The lowest BCUT2D eigenvalue weighted by molar-refractivity contribution is -0.129. The molecule has 0 bridgehead atoms. The van der Waals surface area contributed by atoms with Crippen LogP contribution in [-0.4, -0.2) is 79.0 Å². The average molecular weight is 511 g/mol. The van der Waals surface area contributed by atoms with Crippen molar-refractivity contribution >= 4 is 28.4 Å². The topological polar surface area (TPSA) is 102 Å². The second-order valence-corrected chi connectivity index (χ2v) is 8.23. The summed E-state index contributed by atoms with van der Waals surface area (Å²) in [6, 6.07) is 2.77. The fourth-order valence-electron chi connectivity index (χ4n) is 4.14. The van der Waals surface area contributed by atoms with Crippen LogP contribution in [0.3, 0.4) is 0 Å². The molecule has 0 saturated carbocycles. The largest absolute Gasteiger partial charge is 0.479 e. The van der Waals surface area contributed by atoms with E-state index in [0.29, 0.717) is 5.52 Å². The van der Waals surface area contributed by atoms with Gasteiger partial charge in [-0.05, 0) is 17.7 Å². The van der Waals surface area contributed by atoms with E-state index in [1.54, 1.807) is 0 Å². The number of ether oxygens (including phenoxy) is 1. The van der Waals surface area contributed by atoms with E-state index in [-0.39, 0.29) is 40.5 Å². The molecule has 5 rings (SSSR count). The maximum atomic E-state index is 15.4. The van der Waals surface area contributed by atoms with Crippen LogP contribution in [0, 0.1) is 5.82 Å². The van der Waals surface area contributed by atoms with Crippen molar-refractivity contribution in [3.8, 4) is 17.0 Å². The number of carbonyl (C=O) groups excluding carboxylic acids is 1. The zero-order chi connectivity index (χ0) is 26.6. The van der Waals surface area contributed by atoms with Gasteiger partial charge in [0.2, 0.25) is 17.7 Å². The van der Waals surface area contributed by atoms with Crippen molar-refractivity contribution in [3.05, 3.63) is 30.2 Å². The molecule has 3 aromatic heterocycles. The zero-order valence-corrected chi connectivity index (χ0v) is 18.8. The molecule has 36 heavy (non-hydrogen) atoms. The molecule has 10 nitrogen and oxygen atoms in total. The molecule has 0 unspecified atom stereocenters. The fraction of sp³-hybridized carbons (Fsp3) is 0.381. The zero-order valence-electron chi connectivity index (χ0n) is 19.8. The Bertz CT molecular complexity index is 1520. The lowest BCUT2D eigenvalue weighted by atomic mass is 10.1. The number of alkyl halides is 4. The minimum absolute atomic E-state index is 0.0775. The standard InChI is InChI=1S/C21H19F5N8O2/c1-10(35)32-7-15(21(25,26)9-32)27-20-28-19(36-2)18-17(12(22)6-34(18)30-20)11-3-4-13-14(5-11)33(31-29-13)8-16(23)24/h3-6,15-16H,7-9H2,1-2H3,(H,27,30)/t15-/m1/s1/i6D. The first-order chi connectivity index (χ1) is 17.5. The Morgan fingerprint density at radius 3 is 2.83 bits per heavy atom. The smallest absolute Gasteiger partial charge is 0.286 e. The van der Waals surface area contributed by atoms with Gasteiger partial charge in [-0.1, -0.05) is 11.3 Å². The highest BCUT2D eigenvalue weighted by molar-refractivity contribution is 5.89. The van der Waals surface area contributed by atoms with Crippen molar-refractivity contribution in [2.45, 2.75) is 31.9 Å². The van der Waals surface area contributed by atoms with Gasteiger partial charge in [-0.25, -0.2) is 31.1 Å². The quantitative estimate of drug-likeness (QED) is 0.397. The van der Waals surface area contributed by atoms with E-state index in [0.717, 1.165) is 14.1 Å². The van der Waals surface area contributed by atoms with Crippen molar-refractivity contribution in [2.75, 3.05) is 25.5 Å². The van der Waals surface area contributed by atoms with Crippen molar-refractivity contribution in [3.63, 3.8) is 0 Å². The first-order valence-corrected chi connectivity index (χ1v) is 10.6. The third kappa shape index (κ3) is 4.03. The van der Waals surface area contributed by atoms with Crippen LogP contribution in [0.4, 0.5) is 27.9 Å². The van der Waals surface area contributed by atoms with Gasteiger partial charge in [0.05, 0.1) is 32.3 Å². The summed E-state index contributed by atoms with van der Waals surface area (Å²) in [7, 11) is 1.22. The summed E-state index contributed by atoms with van der Waals surface area (Å²) in [5, 5.41) is 14.0. The number of rotatable bonds is 6. The number of halogens is 5. The number of nitrogens with one attached hydrogen (secondary N) is 1. The molecule has 1 fully saturated rings. The fourth-order valence-corrected chi connectivity index (χ4v) is 4.14. The summed E-state index contributed by atoms with van der Waals surface area (Å²) in [5.74, 6) is -5.44. The number of methoxy groups -OCH3 is 1. The van der Waals surface area contributed by atoms with Gasteiger partial charge >= 0.3 is 0 Å². The van der Waals surface area contributed by atoms with Crippen molar-refractivity contribution in [1.29, 1.82) is 0 Å².